The summed E-state index contributed by atoms with van der Waals surface area (Å²) in [4.78, 5) is 13.9. The Balaban J connectivity index is 1.77. The monoisotopic (exact) mass is 340 g/mol. The molecule has 2 aromatic rings. The Morgan fingerprint density at radius 2 is 2.08 bits per heavy atom. The number of rotatable bonds is 7. The molecule has 0 unspecified atom stereocenters. The second-order valence-corrected chi connectivity index (χ2v) is 6.84. The highest BCUT2D eigenvalue weighted by Crippen LogP contribution is 2.33. The van der Waals surface area contributed by atoms with Crippen LogP contribution in [0.3, 0.4) is 0 Å². The molecule has 1 aliphatic heterocycles. The van der Waals surface area contributed by atoms with E-state index in [2.05, 4.69) is 47.1 Å². The average Bonchev–Trinajstić information content (AvgIpc) is 3.05. The normalized spacial score (nSPS) is 18.0. The molecule has 1 aromatic carbocycles. The average molecular weight is 340 g/mol. The van der Waals surface area contributed by atoms with Gasteiger partial charge >= 0.3 is 0 Å². The number of nitrogens with zero attached hydrogens (tertiary/aromatic N) is 4. The van der Waals surface area contributed by atoms with E-state index in [9.17, 15) is 0 Å². The smallest absolute Gasteiger partial charge is 0.123 e. The second kappa shape index (κ2) is 8.41. The molecule has 0 bridgehead atoms. The zero-order chi connectivity index (χ0) is 17.6. The van der Waals surface area contributed by atoms with Crippen LogP contribution in [0.5, 0.6) is 5.75 Å². The van der Waals surface area contributed by atoms with Gasteiger partial charge in [0.05, 0.1) is 24.0 Å². The van der Waals surface area contributed by atoms with Gasteiger partial charge < -0.3 is 9.64 Å². The highest BCUT2D eigenvalue weighted by atomic mass is 16.5. The van der Waals surface area contributed by atoms with Crippen molar-refractivity contribution in [3.05, 3.63) is 53.6 Å². The van der Waals surface area contributed by atoms with Crippen LogP contribution in [0.4, 0.5) is 0 Å². The number of aromatic nitrogens is 2. The van der Waals surface area contributed by atoms with Gasteiger partial charge in [0.25, 0.3) is 0 Å². The summed E-state index contributed by atoms with van der Waals surface area (Å²) in [7, 11) is 4.11. The topological polar surface area (TPSA) is 41.5 Å². The molecule has 0 amide bonds. The molecule has 1 atom stereocenters. The Kier molecular flexibility index (Phi) is 6.00. The van der Waals surface area contributed by atoms with Crippen molar-refractivity contribution in [2.75, 3.05) is 27.2 Å². The lowest BCUT2D eigenvalue weighted by Crippen LogP contribution is -2.24. The van der Waals surface area contributed by atoms with Crippen molar-refractivity contribution < 1.29 is 4.74 Å². The van der Waals surface area contributed by atoms with E-state index in [1.54, 1.807) is 0 Å². The van der Waals surface area contributed by atoms with Crippen LogP contribution in [0.1, 0.15) is 42.8 Å². The van der Waals surface area contributed by atoms with E-state index in [1.165, 1.54) is 12.0 Å². The van der Waals surface area contributed by atoms with Crippen molar-refractivity contribution in [2.45, 2.75) is 38.9 Å². The van der Waals surface area contributed by atoms with Gasteiger partial charge in [-0.2, -0.15) is 0 Å². The molecular weight excluding hydrogens is 312 g/mol. The lowest BCUT2D eigenvalue weighted by molar-refractivity contribution is 0.237. The van der Waals surface area contributed by atoms with Gasteiger partial charge in [0.1, 0.15) is 5.75 Å². The zero-order valence-electron chi connectivity index (χ0n) is 15.5. The Labute approximate surface area is 150 Å². The quantitative estimate of drug-likeness (QED) is 0.774. The molecule has 1 aromatic heterocycles. The summed E-state index contributed by atoms with van der Waals surface area (Å²) in [5.41, 5.74) is 3.36. The molecule has 5 heteroatoms. The zero-order valence-corrected chi connectivity index (χ0v) is 15.5. The number of hydrogen-bond donors (Lipinski definition) is 0. The molecule has 134 valence electrons. The first-order valence-electron chi connectivity index (χ1n) is 9.07. The minimum Gasteiger partial charge on any atom is -0.494 e. The fraction of sp³-hybridized carbons (Fsp3) is 0.500. The van der Waals surface area contributed by atoms with E-state index in [0.717, 1.165) is 43.2 Å². The molecule has 1 aliphatic rings. The molecule has 1 saturated heterocycles. The Hall–Kier alpha value is -1.98. The lowest BCUT2D eigenvalue weighted by Gasteiger charge is -2.25. The summed E-state index contributed by atoms with van der Waals surface area (Å²) in [5.74, 6) is 0.989. The molecular formula is C20H28N4O. The van der Waals surface area contributed by atoms with Crippen LogP contribution in [0.25, 0.3) is 0 Å². The summed E-state index contributed by atoms with van der Waals surface area (Å²) < 4.78 is 5.79. The van der Waals surface area contributed by atoms with E-state index in [-0.39, 0.29) is 0 Å². The van der Waals surface area contributed by atoms with E-state index in [1.807, 2.05) is 25.4 Å². The summed E-state index contributed by atoms with van der Waals surface area (Å²) in [6.07, 6.45) is 6.13. The van der Waals surface area contributed by atoms with E-state index < -0.39 is 0 Å². The molecule has 0 N–H and O–H groups in total. The summed E-state index contributed by atoms with van der Waals surface area (Å²) in [6.45, 7) is 5.52. The Bertz CT molecular complexity index is 689. The molecule has 0 saturated carbocycles. The Morgan fingerprint density at radius 1 is 1.24 bits per heavy atom. The van der Waals surface area contributed by atoms with Gasteiger partial charge in [0.2, 0.25) is 0 Å². The first kappa shape index (κ1) is 17.8. The van der Waals surface area contributed by atoms with Crippen LogP contribution in [0, 0.1) is 0 Å². The van der Waals surface area contributed by atoms with Crippen molar-refractivity contribution in [2.24, 2.45) is 0 Å². The van der Waals surface area contributed by atoms with Crippen LogP contribution in [0.2, 0.25) is 0 Å². The fourth-order valence-corrected chi connectivity index (χ4v) is 3.48. The molecule has 0 radical (unpaired) electrons. The van der Waals surface area contributed by atoms with Crippen LogP contribution in [-0.2, 0) is 13.1 Å². The van der Waals surface area contributed by atoms with Crippen molar-refractivity contribution in [1.29, 1.82) is 0 Å². The minimum absolute atomic E-state index is 0.337. The van der Waals surface area contributed by atoms with Crippen LogP contribution in [0.15, 0.2) is 36.7 Å². The predicted octanol–water partition coefficient (Wildman–Crippen LogP) is 3.27. The van der Waals surface area contributed by atoms with E-state index in [0.29, 0.717) is 12.6 Å². The largest absolute Gasteiger partial charge is 0.494 e. The SMILES string of the molecule is CCOc1ccccc1CN1CCC[C@@H]1c1cncc(CN(C)C)n1. The molecule has 25 heavy (non-hydrogen) atoms. The van der Waals surface area contributed by atoms with Gasteiger partial charge in [-0.25, -0.2) is 0 Å². The van der Waals surface area contributed by atoms with Crippen molar-refractivity contribution in [3.63, 3.8) is 0 Å². The van der Waals surface area contributed by atoms with E-state index in [4.69, 9.17) is 9.72 Å². The molecule has 5 nitrogen and oxygen atoms in total. The summed E-state index contributed by atoms with van der Waals surface area (Å²) >= 11 is 0. The van der Waals surface area contributed by atoms with Crippen LogP contribution < -0.4 is 4.74 Å². The van der Waals surface area contributed by atoms with Crippen LogP contribution in [-0.4, -0.2) is 47.0 Å². The highest BCUT2D eigenvalue weighted by molar-refractivity contribution is 5.33. The third-order valence-corrected chi connectivity index (χ3v) is 4.53. The summed E-state index contributed by atoms with van der Waals surface area (Å²) in [6, 6.07) is 8.67. The highest BCUT2D eigenvalue weighted by Gasteiger charge is 2.28. The number of para-hydroxylation sites is 1. The fourth-order valence-electron chi connectivity index (χ4n) is 3.48. The molecule has 0 aliphatic carbocycles. The van der Waals surface area contributed by atoms with Crippen molar-refractivity contribution >= 4 is 0 Å². The third-order valence-electron chi connectivity index (χ3n) is 4.53. The number of benzene rings is 1. The second-order valence-electron chi connectivity index (χ2n) is 6.84. The van der Waals surface area contributed by atoms with Gasteiger partial charge in [-0.3, -0.25) is 14.9 Å². The van der Waals surface area contributed by atoms with Gasteiger partial charge in [0, 0.05) is 31.0 Å². The van der Waals surface area contributed by atoms with Gasteiger partial charge in [0.15, 0.2) is 0 Å². The Morgan fingerprint density at radius 3 is 2.88 bits per heavy atom. The summed E-state index contributed by atoms with van der Waals surface area (Å²) in [5, 5.41) is 0. The minimum atomic E-state index is 0.337. The lowest BCUT2D eigenvalue weighted by atomic mass is 10.1. The van der Waals surface area contributed by atoms with Gasteiger partial charge in [-0.05, 0) is 46.5 Å². The first-order valence-corrected chi connectivity index (χ1v) is 9.07. The van der Waals surface area contributed by atoms with Crippen LogP contribution >= 0.6 is 0 Å². The molecule has 0 spiro atoms. The number of ether oxygens (including phenoxy) is 1. The first-order chi connectivity index (χ1) is 12.2. The van der Waals surface area contributed by atoms with E-state index >= 15 is 0 Å². The molecule has 3 rings (SSSR count). The van der Waals surface area contributed by atoms with Crippen molar-refractivity contribution in [1.82, 2.24) is 19.8 Å². The van der Waals surface area contributed by atoms with Gasteiger partial charge in [-0.15, -0.1) is 0 Å². The molecule has 2 heterocycles. The van der Waals surface area contributed by atoms with Gasteiger partial charge in [-0.1, -0.05) is 18.2 Å². The maximum absolute atomic E-state index is 5.79. The van der Waals surface area contributed by atoms with Crippen molar-refractivity contribution in [3.8, 4) is 5.75 Å². The number of hydrogen-bond acceptors (Lipinski definition) is 5. The molecule has 1 fully saturated rings. The third kappa shape index (κ3) is 4.55. The maximum Gasteiger partial charge on any atom is 0.123 e. The predicted molar refractivity (Wildman–Crippen MR) is 99.4 cm³/mol. The standard InChI is InChI=1S/C20H28N4O/c1-4-25-20-10-6-5-8-16(20)14-24-11-7-9-19(24)18-13-21-12-17(22-18)15-23(2)3/h5-6,8,10,12-13,19H,4,7,9,11,14-15H2,1-3H3/t19-/m1/s1. The number of likely N-dealkylation sites (tertiary alicyclic amines) is 1. The maximum atomic E-state index is 5.79.